The number of aliphatic imine (C=N–C) groups is 2. The first-order valence-corrected chi connectivity index (χ1v) is 7.77. The molecule has 0 heterocycles. The molecule has 25 heavy (non-hydrogen) atoms. The van der Waals surface area contributed by atoms with Crippen molar-refractivity contribution >= 4 is 29.3 Å². The maximum absolute atomic E-state index is 10.4. The van der Waals surface area contributed by atoms with Crippen molar-refractivity contribution < 1.29 is 10.2 Å². The lowest BCUT2D eigenvalue weighted by Crippen LogP contribution is -1.90. The standard InChI is InChI=1S/C21H18N2O2/c1-22-12-17(13-23-2)21-19-8-6-15(10-16(19)7-9-20(21)25)14-4-3-5-18(24)11-14/h3-13,24-25H,1H2,2H3/b17-12+,23-13?. The molecule has 0 unspecified atom stereocenters. The van der Waals surface area contributed by atoms with Crippen molar-refractivity contribution in [1.82, 2.24) is 0 Å². The third-order valence-corrected chi connectivity index (χ3v) is 3.96. The van der Waals surface area contributed by atoms with Crippen LogP contribution in [0.4, 0.5) is 0 Å². The molecule has 0 aliphatic rings. The van der Waals surface area contributed by atoms with E-state index in [0.717, 1.165) is 21.9 Å². The van der Waals surface area contributed by atoms with Gasteiger partial charge >= 0.3 is 0 Å². The zero-order valence-electron chi connectivity index (χ0n) is 13.8. The van der Waals surface area contributed by atoms with Gasteiger partial charge in [-0.05, 0) is 52.9 Å². The van der Waals surface area contributed by atoms with Crippen LogP contribution in [0.25, 0.3) is 27.5 Å². The molecule has 0 saturated heterocycles. The summed E-state index contributed by atoms with van der Waals surface area (Å²) in [6, 6.07) is 16.6. The molecule has 0 aromatic heterocycles. The van der Waals surface area contributed by atoms with Crippen molar-refractivity contribution in [3.05, 3.63) is 66.4 Å². The molecule has 4 nitrogen and oxygen atoms in total. The smallest absolute Gasteiger partial charge is 0.124 e. The fourth-order valence-electron chi connectivity index (χ4n) is 2.89. The Morgan fingerprint density at radius 2 is 1.80 bits per heavy atom. The minimum atomic E-state index is 0.160. The summed E-state index contributed by atoms with van der Waals surface area (Å²) in [5.41, 5.74) is 3.26. The first kappa shape index (κ1) is 16.5. The van der Waals surface area contributed by atoms with Crippen molar-refractivity contribution in [2.45, 2.75) is 0 Å². The average molecular weight is 330 g/mol. The summed E-state index contributed by atoms with van der Waals surface area (Å²) in [6.45, 7) is 3.49. The second-order valence-electron chi connectivity index (χ2n) is 5.60. The van der Waals surface area contributed by atoms with E-state index in [1.807, 2.05) is 36.4 Å². The Balaban J connectivity index is 2.22. The highest BCUT2D eigenvalue weighted by molar-refractivity contribution is 6.16. The lowest BCUT2D eigenvalue weighted by Gasteiger charge is -2.11. The Morgan fingerprint density at radius 1 is 1.00 bits per heavy atom. The lowest BCUT2D eigenvalue weighted by atomic mass is 9.95. The van der Waals surface area contributed by atoms with E-state index in [9.17, 15) is 10.2 Å². The summed E-state index contributed by atoms with van der Waals surface area (Å²) < 4.78 is 0. The van der Waals surface area contributed by atoms with E-state index in [2.05, 4.69) is 16.7 Å². The van der Waals surface area contributed by atoms with Gasteiger partial charge in [0.2, 0.25) is 0 Å². The number of phenolic OH excluding ortho intramolecular Hbond substituents is 2. The van der Waals surface area contributed by atoms with E-state index in [1.54, 1.807) is 37.7 Å². The fourth-order valence-corrected chi connectivity index (χ4v) is 2.89. The van der Waals surface area contributed by atoms with Gasteiger partial charge in [0, 0.05) is 30.6 Å². The molecule has 0 aliphatic carbocycles. The van der Waals surface area contributed by atoms with Gasteiger partial charge in [-0.1, -0.05) is 30.3 Å². The van der Waals surface area contributed by atoms with Gasteiger partial charge in [-0.15, -0.1) is 0 Å². The Kier molecular flexibility index (Phi) is 4.61. The summed E-state index contributed by atoms with van der Waals surface area (Å²) in [5.74, 6) is 0.387. The van der Waals surface area contributed by atoms with E-state index in [-0.39, 0.29) is 11.5 Å². The molecule has 0 aliphatic heterocycles. The van der Waals surface area contributed by atoms with Crippen LogP contribution in [0, 0.1) is 0 Å². The van der Waals surface area contributed by atoms with Crippen LogP contribution in [-0.2, 0) is 0 Å². The fraction of sp³-hybridized carbons (Fsp3) is 0.0476. The average Bonchev–Trinajstić information content (AvgIpc) is 2.61. The number of nitrogens with zero attached hydrogens (tertiary/aromatic N) is 2. The van der Waals surface area contributed by atoms with Gasteiger partial charge in [0.25, 0.3) is 0 Å². The van der Waals surface area contributed by atoms with Gasteiger partial charge in [0.15, 0.2) is 0 Å². The third-order valence-electron chi connectivity index (χ3n) is 3.96. The SMILES string of the molecule is C=N/C=C(\C=NC)c1c(O)ccc2cc(-c3cccc(O)c3)ccc12. The quantitative estimate of drug-likeness (QED) is 0.683. The second kappa shape index (κ2) is 7.01. The Bertz CT molecular complexity index is 1000. The summed E-state index contributed by atoms with van der Waals surface area (Å²) in [6.07, 6.45) is 3.22. The van der Waals surface area contributed by atoms with Crippen LogP contribution in [-0.4, -0.2) is 30.2 Å². The van der Waals surface area contributed by atoms with E-state index in [1.165, 1.54) is 0 Å². The van der Waals surface area contributed by atoms with Crippen molar-refractivity contribution in [2.75, 3.05) is 7.05 Å². The normalized spacial score (nSPS) is 12.0. The van der Waals surface area contributed by atoms with Gasteiger partial charge in [-0.25, -0.2) is 0 Å². The summed E-state index contributed by atoms with van der Waals surface area (Å²) in [4.78, 5) is 7.85. The Hall–Kier alpha value is -3.40. The second-order valence-corrected chi connectivity index (χ2v) is 5.60. The molecular weight excluding hydrogens is 312 g/mol. The van der Waals surface area contributed by atoms with Crippen LogP contribution in [0.1, 0.15) is 5.56 Å². The Labute approximate surface area is 146 Å². The topological polar surface area (TPSA) is 65.2 Å². The van der Waals surface area contributed by atoms with Gasteiger partial charge < -0.3 is 10.2 Å². The van der Waals surface area contributed by atoms with Crippen LogP contribution in [0.5, 0.6) is 11.5 Å². The van der Waals surface area contributed by atoms with Gasteiger partial charge in [-0.2, -0.15) is 0 Å². The highest BCUT2D eigenvalue weighted by Gasteiger charge is 2.12. The molecule has 0 saturated carbocycles. The monoisotopic (exact) mass is 330 g/mol. The van der Waals surface area contributed by atoms with Crippen LogP contribution in [0.15, 0.2) is 70.8 Å². The van der Waals surface area contributed by atoms with Crippen molar-refractivity contribution in [3.63, 3.8) is 0 Å². The first-order chi connectivity index (χ1) is 12.1. The molecule has 124 valence electrons. The van der Waals surface area contributed by atoms with E-state index >= 15 is 0 Å². The van der Waals surface area contributed by atoms with Crippen LogP contribution >= 0.6 is 0 Å². The van der Waals surface area contributed by atoms with Crippen LogP contribution in [0.3, 0.4) is 0 Å². The first-order valence-electron chi connectivity index (χ1n) is 7.77. The summed E-state index contributed by atoms with van der Waals surface area (Å²) in [7, 11) is 1.67. The minimum Gasteiger partial charge on any atom is -0.508 e. The molecular formula is C21H18N2O2. The molecule has 0 fully saturated rings. The zero-order chi connectivity index (χ0) is 17.8. The van der Waals surface area contributed by atoms with Gasteiger partial charge in [-0.3, -0.25) is 9.98 Å². The van der Waals surface area contributed by atoms with Crippen molar-refractivity contribution in [1.29, 1.82) is 0 Å². The highest BCUT2D eigenvalue weighted by Crippen LogP contribution is 2.35. The van der Waals surface area contributed by atoms with Crippen molar-refractivity contribution in [2.24, 2.45) is 9.98 Å². The third kappa shape index (κ3) is 3.28. The van der Waals surface area contributed by atoms with Crippen molar-refractivity contribution in [3.8, 4) is 22.6 Å². The molecule has 4 heteroatoms. The lowest BCUT2D eigenvalue weighted by molar-refractivity contribution is 0.474. The molecule has 3 aromatic rings. The molecule has 2 N–H and O–H groups in total. The molecule has 0 spiro atoms. The summed E-state index contributed by atoms with van der Waals surface area (Å²) in [5, 5.41) is 21.9. The predicted molar refractivity (Wildman–Crippen MR) is 105 cm³/mol. The highest BCUT2D eigenvalue weighted by atomic mass is 16.3. The Morgan fingerprint density at radius 3 is 2.52 bits per heavy atom. The van der Waals surface area contributed by atoms with Gasteiger partial charge in [0.05, 0.1) is 0 Å². The summed E-state index contributed by atoms with van der Waals surface area (Å²) >= 11 is 0. The molecule has 3 aromatic carbocycles. The predicted octanol–water partition coefficient (Wildman–Crippen LogP) is 4.66. The minimum absolute atomic E-state index is 0.160. The number of aromatic hydroxyl groups is 2. The number of fused-ring (bicyclic) bond motifs is 1. The number of hydrogen-bond acceptors (Lipinski definition) is 4. The maximum Gasteiger partial charge on any atom is 0.124 e. The van der Waals surface area contributed by atoms with E-state index in [4.69, 9.17) is 0 Å². The largest absolute Gasteiger partial charge is 0.508 e. The maximum atomic E-state index is 10.4. The zero-order valence-corrected chi connectivity index (χ0v) is 13.8. The molecule has 3 rings (SSSR count). The number of benzene rings is 3. The molecule has 0 amide bonds. The molecule has 0 bridgehead atoms. The van der Waals surface area contributed by atoms with E-state index < -0.39 is 0 Å². The number of hydrogen-bond donors (Lipinski definition) is 2. The number of rotatable bonds is 4. The molecule has 0 atom stereocenters. The van der Waals surface area contributed by atoms with Gasteiger partial charge in [0.1, 0.15) is 11.5 Å². The van der Waals surface area contributed by atoms with E-state index in [0.29, 0.717) is 11.1 Å². The van der Waals surface area contributed by atoms with Crippen LogP contribution in [0.2, 0.25) is 0 Å². The number of phenols is 2. The molecule has 0 radical (unpaired) electrons. The van der Waals surface area contributed by atoms with Crippen LogP contribution < -0.4 is 0 Å². The number of allylic oxidation sites excluding steroid dienone is 1.